The number of ether oxygens (including phenoxy) is 1. The van der Waals surface area contributed by atoms with Crippen LogP contribution >= 0.6 is 0 Å². The molecule has 1 rings (SSSR count). The van der Waals surface area contributed by atoms with Crippen LogP contribution in [0.3, 0.4) is 0 Å². The third kappa shape index (κ3) is 4.78. The Balaban J connectivity index is 2.72. The van der Waals surface area contributed by atoms with Gasteiger partial charge in [-0.1, -0.05) is 20.8 Å². The van der Waals surface area contributed by atoms with Gasteiger partial charge in [0.15, 0.2) is 0 Å². The van der Waals surface area contributed by atoms with Gasteiger partial charge in [-0.25, -0.2) is 4.79 Å². The number of esters is 1. The first-order valence-corrected chi connectivity index (χ1v) is 6.11. The van der Waals surface area contributed by atoms with Crippen molar-refractivity contribution in [3.05, 3.63) is 29.8 Å². The SMILES string of the molecule is CC(C)(C)CC(C)(C)OC(=O)c1ccc(O)cc1. The van der Waals surface area contributed by atoms with Crippen LogP contribution in [0.15, 0.2) is 24.3 Å². The molecule has 0 bridgehead atoms. The Kier molecular flexibility index (Phi) is 4.05. The van der Waals surface area contributed by atoms with Crippen LogP contribution in [0, 0.1) is 5.41 Å². The van der Waals surface area contributed by atoms with Gasteiger partial charge in [0.25, 0.3) is 0 Å². The molecule has 0 saturated carbocycles. The second kappa shape index (κ2) is 5.01. The first kappa shape index (κ1) is 14.6. The van der Waals surface area contributed by atoms with E-state index >= 15 is 0 Å². The van der Waals surface area contributed by atoms with E-state index in [-0.39, 0.29) is 17.1 Å². The standard InChI is InChI=1S/C15H22O3/c1-14(2,3)10-15(4,5)18-13(17)11-6-8-12(16)9-7-11/h6-9,16H,10H2,1-5H3. The Hall–Kier alpha value is -1.51. The molecule has 0 unspecified atom stereocenters. The van der Waals surface area contributed by atoms with Gasteiger partial charge in [0.05, 0.1) is 5.56 Å². The Morgan fingerprint density at radius 2 is 1.61 bits per heavy atom. The number of aromatic hydroxyl groups is 1. The van der Waals surface area contributed by atoms with Gasteiger partial charge in [-0.05, 0) is 49.9 Å². The Morgan fingerprint density at radius 1 is 1.11 bits per heavy atom. The number of benzene rings is 1. The van der Waals surface area contributed by atoms with Gasteiger partial charge < -0.3 is 9.84 Å². The molecule has 0 saturated heterocycles. The van der Waals surface area contributed by atoms with E-state index in [1.165, 1.54) is 12.1 Å². The number of carbonyl (C=O) groups is 1. The van der Waals surface area contributed by atoms with Crippen molar-refractivity contribution in [1.82, 2.24) is 0 Å². The van der Waals surface area contributed by atoms with Gasteiger partial charge in [-0.15, -0.1) is 0 Å². The zero-order valence-electron chi connectivity index (χ0n) is 11.8. The highest BCUT2D eigenvalue weighted by Crippen LogP contribution is 2.30. The number of hydrogen-bond donors (Lipinski definition) is 1. The van der Waals surface area contributed by atoms with Crippen molar-refractivity contribution in [3.8, 4) is 5.75 Å². The van der Waals surface area contributed by atoms with Crippen LogP contribution in [-0.4, -0.2) is 16.7 Å². The fourth-order valence-electron chi connectivity index (χ4n) is 2.22. The van der Waals surface area contributed by atoms with Crippen LogP contribution in [0.4, 0.5) is 0 Å². The zero-order chi connectivity index (χ0) is 14.0. The van der Waals surface area contributed by atoms with E-state index in [2.05, 4.69) is 20.8 Å². The molecule has 0 aliphatic carbocycles. The summed E-state index contributed by atoms with van der Waals surface area (Å²) in [5.74, 6) is -0.218. The molecule has 0 heterocycles. The molecule has 3 heteroatoms. The predicted octanol–water partition coefficient (Wildman–Crippen LogP) is 3.76. The fourth-order valence-corrected chi connectivity index (χ4v) is 2.22. The summed E-state index contributed by atoms with van der Waals surface area (Å²) in [7, 11) is 0. The highest BCUT2D eigenvalue weighted by molar-refractivity contribution is 5.89. The lowest BCUT2D eigenvalue weighted by Gasteiger charge is -2.32. The lowest BCUT2D eigenvalue weighted by Crippen LogP contribution is -2.32. The van der Waals surface area contributed by atoms with Crippen LogP contribution in [0.2, 0.25) is 0 Å². The summed E-state index contributed by atoms with van der Waals surface area (Å²) >= 11 is 0. The maximum absolute atomic E-state index is 12.0. The van der Waals surface area contributed by atoms with Gasteiger partial charge in [0, 0.05) is 0 Å². The molecule has 1 aromatic carbocycles. The molecular formula is C15H22O3. The van der Waals surface area contributed by atoms with Crippen molar-refractivity contribution in [2.75, 3.05) is 0 Å². The minimum Gasteiger partial charge on any atom is -0.508 e. The highest BCUT2D eigenvalue weighted by atomic mass is 16.6. The van der Waals surface area contributed by atoms with Crippen LogP contribution in [0.1, 0.15) is 51.4 Å². The summed E-state index contributed by atoms with van der Waals surface area (Å²) in [4.78, 5) is 12.0. The highest BCUT2D eigenvalue weighted by Gasteiger charge is 2.29. The van der Waals surface area contributed by atoms with E-state index in [0.29, 0.717) is 5.56 Å². The molecule has 0 radical (unpaired) electrons. The molecule has 1 N–H and O–H groups in total. The number of phenols is 1. The molecule has 3 nitrogen and oxygen atoms in total. The van der Waals surface area contributed by atoms with E-state index in [1.54, 1.807) is 12.1 Å². The summed E-state index contributed by atoms with van der Waals surface area (Å²) in [5, 5.41) is 9.17. The van der Waals surface area contributed by atoms with Crippen molar-refractivity contribution in [3.63, 3.8) is 0 Å². The van der Waals surface area contributed by atoms with E-state index in [9.17, 15) is 9.90 Å². The van der Waals surface area contributed by atoms with Crippen LogP contribution in [0.25, 0.3) is 0 Å². The lowest BCUT2D eigenvalue weighted by molar-refractivity contribution is -0.0178. The number of phenolic OH excluding ortho intramolecular Hbond substituents is 1. The number of hydrogen-bond acceptors (Lipinski definition) is 3. The van der Waals surface area contributed by atoms with Crippen molar-refractivity contribution in [2.45, 2.75) is 46.6 Å². The minimum atomic E-state index is -0.507. The average molecular weight is 250 g/mol. The quantitative estimate of drug-likeness (QED) is 0.831. The summed E-state index contributed by atoms with van der Waals surface area (Å²) in [6, 6.07) is 6.08. The van der Waals surface area contributed by atoms with Crippen molar-refractivity contribution >= 4 is 5.97 Å². The molecule has 0 amide bonds. The molecule has 0 aliphatic heterocycles. The largest absolute Gasteiger partial charge is 0.508 e. The zero-order valence-corrected chi connectivity index (χ0v) is 11.8. The Bertz CT molecular complexity index is 410. The van der Waals surface area contributed by atoms with Crippen molar-refractivity contribution in [2.24, 2.45) is 5.41 Å². The first-order valence-electron chi connectivity index (χ1n) is 6.11. The van der Waals surface area contributed by atoms with E-state index in [1.807, 2.05) is 13.8 Å². The molecule has 0 spiro atoms. The van der Waals surface area contributed by atoms with E-state index in [0.717, 1.165) is 6.42 Å². The van der Waals surface area contributed by atoms with Crippen LogP contribution in [0.5, 0.6) is 5.75 Å². The van der Waals surface area contributed by atoms with Crippen molar-refractivity contribution in [1.29, 1.82) is 0 Å². The summed E-state index contributed by atoms with van der Waals surface area (Å²) in [6.45, 7) is 10.2. The van der Waals surface area contributed by atoms with Gasteiger partial charge in [-0.2, -0.15) is 0 Å². The van der Waals surface area contributed by atoms with Crippen LogP contribution < -0.4 is 0 Å². The Labute approximate surface area is 109 Å². The third-order valence-electron chi connectivity index (χ3n) is 2.43. The maximum atomic E-state index is 12.0. The normalized spacial score (nSPS) is 12.3. The second-order valence-electron chi connectivity index (χ2n) is 6.43. The molecule has 0 aliphatic rings. The predicted molar refractivity (Wildman–Crippen MR) is 71.7 cm³/mol. The smallest absolute Gasteiger partial charge is 0.338 e. The average Bonchev–Trinajstić information content (AvgIpc) is 2.13. The van der Waals surface area contributed by atoms with Crippen molar-refractivity contribution < 1.29 is 14.6 Å². The fraction of sp³-hybridized carbons (Fsp3) is 0.533. The number of rotatable bonds is 3. The molecule has 18 heavy (non-hydrogen) atoms. The molecule has 0 atom stereocenters. The number of carbonyl (C=O) groups excluding carboxylic acids is 1. The van der Waals surface area contributed by atoms with E-state index in [4.69, 9.17) is 4.74 Å². The summed E-state index contributed by atoms with van der Waals surface area (Å²) in [6.07, 6.45) is 0.782. The molecule has 0 aromatic heterocycles. The van der Waals surface area contributed by atoms with Gasteiger partial charge in [0.1, 0.15) is 11.4 Å². The molecule has 100 valence electrons. The lowest BCUT2D eigenvalue weighted by atomic mass is 9.83. The van der Waals surface area contributed by atoms with Gasteiger partial charge >= 0.3 is 5.97 Å². The molecule has 1 aromatic rings. The first-order chi connectivity index (χ1) is 8.09. The summed E-state index contributed by atoms with van der Waals surface area (Å²) in [5.41, 5.74) is 0.0427. The minimum absolute atomic E-state index is 0.0960. The van der Waals surface area contributed by atoms with Gasteiger partial charge in [-0.3, -0.25) is 0 Å². The summed E-state index contributed by atoms with van der Waals surface area (Å²) < 4.78 is 5.52. The van der Waals surface area contributed by atoms with Gasteiger partial charge in [0.2, 0.25) is 0 Å². The third-order valence-corrected chi connectivity index (χ3v) is 2.43. The maximum Gasteiger partial charge on any atom is 0.338 e. The molecule has 0 fully saturated rings. The monoisotopic (exact) mass is 250 g/mol. The van der Waals surface area contributed by atoms with Crippen LogP contribution in [-0.2, 0) is 4.74 Å². The second-order valence-corrected chi connectivity index (χ2v) is 6.43. The molecular weight excluding hydrogens is 228 g/mol. The topological polar surface area (TPSA) is 46.5 Å². The van der Waals surface area contributed by atoms with E-state index < -0.39 is 5.60 Å². The Morgan fingerprint density at radius 3 is 2.06 bits per heavy atom.